The van der Waals surface area contributed by atoms with Crippen molar-refractivity contribution in [2.24, 2.45) is 5.92 Å². The third-order valence-electron chi connectivity index (χ3n) is 19.7. The SMILES string of the molecule is CC(C)[C@@H](CO)NC(=O)c1nn(-c2ccc(Cl)cc2Cl)c2c1CCCC[C@H]2Cc1cccc(Cl)c1.C[C@H](NS(=O)(=O)/C=C/c1n[nH]c2c1CCCCC2Cc1cccc(Cl)c1)c1ccccc1.O=C(N[C@H](CO)c1ccccc1)c1nn(-c2ccc(Cl)cc2Cl)c2c1CCCC[C@@H]2Cc1cccc(Cl)c1. The Balaban J connectivity index is 0.000000158. The molecule has 3 aliphatic rings. The Morgan fingerprint density at radius 1 is 0.524 bits per heavy atom. The number of H-pyrrole nitrogens is 1. The molecule has 7 aromatic carbocycles. The van der Waals surface area contributed by atoms with Crippen molar-refractivity contribution in [3.05, 3.63) is 289 Å². The van der Waals surface area contributed by atoms with Crippen LogP contribution in [0.2, 0.25) is 35.2 Å². The molecule has 6 atom stereocenters. The predicted molar refractivity (Wildman–Crippen MR) is 425 cm³/mol. The van der Waals surface area contributed by atoms with Gasteiger partial charge in [-0.3, -0.25) is 14.7 Å². The van der Waals surface area contributed by atoms with Gasteiger partial charge in [0.1, 0.15) is 0 Å². The summed E-state index contributed by atoms with van der Waals surface area (Å²) in [5.41, 5.74) is 14.1. The van der Waals surface area contributed by atoms with Crippen LogP contribution in [0.4, 0.5) is 0 Å². The van der Waals surface area contributed by atoms with Crippen molar-refractivity contribution in [2.75, 3.05) is 13.2 Å². The van der Waals surface area contributed by atoms with Crippen LogP contribution in [0.1, 0.15) is 197 Å². The number of carbonyl (C=O) groups is 2. The predicted octanol–water partition coefficient (Wildman–Crippen LogP) is 19.7. The summed E-state index contributed by atoms with van der Waals surface area (Å²) in [6.45, 7) is 5.41. The maximum atomic E-state index is 13.7. The molecular formula is C82H86Cl7N9O6S. The van der Waals surface area contributed by atoms with E-state index in [9.17, 15) is 28.2 Å². The molecule has 2 amide bonds. The first-order valence-corrected chi connectivity index (χ1v) is 39.9. The van der Waals surface area contributed by atoms with Crippen molar-refractivity contribution < 1.29 is 28.2 Å². The summed E-state index contributed by atoms with van der Waals surface area (Å²) >= 11 is 44.4. The molecule has 23 heteroatoms. The number of aromatic nitrogens is 6. The van der Waals surface area contributed by atoms with Crippen molar-refractivity contribution in [3.8, 4) is 11.4 Å². The van der Waals surface area contributed by atoms with Gasteiger partial charge in [-0.05, 0) is 197 Å². The number of halogens is 7. The van der Waals surface area contributed by atoms with Gasteiger partial charge in [-0.2, -0.15) is 15.3 Å². The Morgan fingerprint density at radius 3 is 1.41 bits per heavy atom. The first kappa shape index (κ1) is 78.8. The molecule has 0 fully saturated rings. The van der Waals surface area contributed by atoms with E-state index in [0.717, 1.165) is 157 Å². The van der Waals surface area contributed by atoms with Gasteiger partial charge in [-0.15, -0.1) is 0 Å². The Kier molecular flexibility index (Phi) is 27.8. The molecule has 3 aliphatic carbocycles. The molecule has 15 nitrogen and oxygen atoms in total. The number of hydrogen-bond acceptors (Lipinski definition) is 9. The van der Waals surface area contributed by atoms with E-state index < -0.39 is 16.1 Å². The molecule has 0 aliphatic heterocycles. The zero-order valence-corrected chi connectivity index (χ0v) is 64.8. The second-order valence-corrected chi connectivity index (χ2v) is 32.1. The van der Waals surface area contributed by atoms with Crippen molar-refractivity contribution in [1.29, 1.82) is 0 Å². The van der Waals surface area contributed by atoms with Crippen LogP contribution in [0.15, 0.2) is 175 Å². The van der Waals surface area contributed by atoms with Crippen LogP contribution in [-0.4, -0.2) is 79.5 Å². The quantitative estimate of drug-likeness (QED) is 0.0378. The van der Waals surface area contributed by atoms with Crippen molar-refractivity contribution in [1.82, 2.24) is 45.1 Å². The molecule has 0 bridgehead atoms. The highest BCUT2D eigenvalue weighted by atomic mass is 35.5. The molecule has 550 valence electrons. The van der Waals surface area contributed by atoms with E-state index in [1.165, 1.54) is 11.0 Å². The summed E-state index contributed by atoms with van der Waals surface area (Å²) in [6.07, 6.45) is 15.5. The van der Waals surface area contributed by atoms with E-state index in [0.29, 0.717) is 64.5 Å². The van der Waals surface area contributed by atoms with E-state index in [1.807, 2.05) is 158 Å². The van der Waals surface area contributed by atoms with E-state index in [1.54, 1.807) is 30.3 Å². The van der Waals surface area contributed by atoms with Crippen molar-refractivity contribution in [3.63, 3.8) is 0 Å². The normalized spacial score (nSPS) is 16.7. The average molecular weight is 1570 g/mol. The van der Waals surface area contributed by atoms with Crippen LogP contribution in [-0.2, 0) is 48.5 Å². The number of rotatable bonds is 21. The topological polar surface area (TPSA) is 209 Å². The maximum absolute atomic E-state index is 13.7. The van der Waals surface area contributed by atoms with Gasteiger partial charge in [0.2, 0.25) is 10.0 Å². The second-order valence-electron chi connectivity index (χ2n) is 27.5. The second kappa shape index (κ2) is 37.0. The Labute approximate surface area is 650 Å². The zero-order valence-electron chi connectivity index (χ0n) is 58.7. The third kappa shape index (κ3) is 20.5. The molecule has 3 aromatic heterocycles. The number of nitrogens with zero attached hydrogens (tertiary/aromatic N) is 5. The standard InChI is InChI=1S/C30H28Cl3N3O2.C27H30Cl3N3O2.C25H28ClN3O2S/c31-22-11-6-7-19(16-22)15-21-10-4-5-12-24-28(30(38)34-26(18-37)20-8-2-1-3-9-20)35-36(29(21)24)27-14-13-23(32)17-25(27)33;1-16(2)23(15-34)31-27(35)25-21-9-4-3-7-18(12-17-6-5-8-19(28)13-17)26(21)33(32-25)24-11-10-20(29)14-22(24)30;1-18(20-9-3-2-4-10-20)29-32(30,31)15-14-24-23-13-6-5-11-21(25(23)28-27-24)16-19-8-7-12-22(26)17-19/h1-3,6-9,11,13-14,16-17,21,26,37H,4-5,10,12,15,18H2,(H,34,38);5-6,8,10-11,13-14,16,18,23,34H,3-4,7,9,12,15H2,1-2H3,(H,31,35);2-4,7-10,12,14-15,17-18,21,29H,5-6,11,13,16H2,1H3,(H,27,28)/b;;15-14+/t21-,26-;18-,23+;18-,21?/m100/s1. The van der Waals surface area contributed by atoms with E-state index in [4.69, 9.17) is 91.4 Å². The molecule has 0 saturated heterocycles. The smallest absolute Gasteiger partial charge is 0.272 e. The summed E-state index contributed by atoms with van der Waals surface area (Å²) in [7, 11) is -3.61. The van der Waals surface area contributed by atoms with Crippen LogP contribution < -0.4 is 15.4 Å². The molecule has 3 heterocycles. The van der Waals surface area contributed by atoms with E-state index in [2.05, 4.69) is 43.8 Å². The fourth-order valence-electron chi connectivity index (χ4n) is 14.4. The van der Waals surface area contributed by atoms with Crippen LogP contribution >= 0.6 is 81.2 Å². The molecule has 0 saturated carbocycles. The van der Waals surface area contributed by atoms with Gasteiger partial charge < -0.3 is 20.8 Å². The van der Waals surface area contributed by atoms with E-state index in [-0.39, 0.29) is 54.9 Å². The molecular weight excluding hydrogens is 1490 g/mol. The molecule has 1 unspecified atom stereocenters. The van der Waals surface area contributed by atoms with Crippen LogP contribution in [0, 0.1) is 5.92 Å². The fraction of sp³-hybridized carbons (Fsp3) is 0.329. The van der Waals surface area contributed by atoms with Gasteiger partial charge in [0.15, 0.2) is 11.4 Å². The number of fused-ring (bicyclic) bond motifs is 3. The van der Waals surface area contributed by atoms with Crippen LogP contribution in [0.3, 0.4) is 0 Å². The lowest BCUT2D eigenvalue weighted by Crippen LogP contribution is -2.41. The van der Waals surface area contributed by atoms with Crippen LogP contribution in [0.5, 0.6) is 0 Å². The first-order valence-electron chi connectivity index (χ1n) is 35.7. The summed E-state index contributed by atoms with van der Waals surface area (Å²) in [5.74, 6) is 0.0389. The number of aromatic amines is 1. The zero-order chi connectivity index (χ0) is 74.3. The minimum Gasteiger partial charge on any atom is -0.394 e. The van der Waals surface area contributed by atoms with Gasteiger partial charge >= 0.3 is 0 Å². The number of sulfonamides is 1. The third-order valence-corrected chi connectivity index (χ3v) is 22.7. The lowest BCUT2D eigenvalue weighted by atomic mass is 9.90. The average Bonchev–Trinajstić information content (AvgIpc) is 1.62. The molecule has 6 N–H and O–H groups in total. The van der Waals surface area contributed by atoms with Crippen molar-refractivity contribution >= 4 is 109 Å². The molecule has 0 spiro atoms. The lowest BCUT2D eigenvalue weighted by Gasteiger charge is -2.20. The highest BCUT2D eigenvalue weighted by molar-refractivity contribution is 7.92. The van der Waals surface area contributed by atoms with Crippen LogP contribution in [0.25, 0.3) is 17.5 Å². The fourth-order valence-corrected chi connectivity index (χ4v) is 17.1. The maximum Gasteiger partial charge on any atom is 0.272 e. The summed E-state index contributed by atoms with van der Waals surface area (Å²) in [6, 6.07) is 52.1. The molecule has 105 heavy (non-hydrogen) atoms. The minimum atomic E-state index is -3.61. The largest absolute Gasteiger partial charge is 0.394 e. The number of hydrogen-bond donors (Lipinski definition) is 6. The van der Waals surface area contributed by atoms with Gasteiger partial charge in [-0.25, -0.2) is 22.5 Å². The number of carbonyl (C=O) groups excluding carboxylic acids is 2. The number of aliphatic hydroxyl groups is 2. The highest BCUT2D eigenvalue weighted by Crippen LogP contribution is 2.42. The Hall–Kier alpha value is -7.29. The summed E-state index contributed by atoms with van der Waals surface area (Å²) < 4.78 is 31.6. The van der Waals surface area contributed by atoms with E-state index >= 15 is 0 Å². The van der Waals surface area contributed by atoms with Crippen molar-refractivity contribution in [2.45, 2.75) is 153 Å². The number of benzene rings is 7. The van der Waals surface area contributed by atoms with Gasteiger partial charge in [0.05, 0.1) is 63.8 Å². The summed E-state index contributed by atoms with van der Waals surface area (Å²) in [4.78, 5) is 27.1. The molecule has 0 radical (unpaired) electrons. The molecule has 10 aromatic rings. The monoisotopic (exact) mass is 1570 g/mol. The lowest BCUT2D eigenvalue weighted by molar-refractivity contribution is 0.0888. The number of nitrogens with one attached hydrogen (secondary N) is 4. The Bertz CT molecular complexity index is 4780. The first-order chi connectivity index (χ1) is 50.6. The van der Waals surface area contributed by atoms with Gasteiger partial charge in [-0.1, -0.05) is 211 Å². The van der Waals surface area contributed by atoms with Gasteiger partial charge in [0, 0.05) is 76.7 Å². The Morgan fingerprint density at radius 2 is 0.962 bits per heavy atom. The highest BCUT2D eigenvalue weighted by Gasteiger charge is 2.35. The minimum absolute atomic E-state index is 0.0888. The number of aliphatic hydroxyl groups excluding tert-OH is 2. The summed E-state index contributed by atoms with van der Waals surface area (Å²) in [5, 5.41) is 48.5. The molecule has 13 rings (SSSR count). The van der Waals surface area contributed by atoms with Gasteiger partial charge in [0.25, 0.3) is 11.8 Å². The number of amides is 2.